The maximum atomic E-state index is 11.9. The van der Waals surface area contributed by atoms with Crippen LogP contribution in [0, 0.1) is 0 Å². The lowest BCUT2D eigenvalue weighted by atomic mass is 10.1. The van der Waals surface area contributed by atoms with Crippen molar-refractivity contribution in [2.24, 2.45) is 0 Å². The lowest BCUT2D eigenvalue weighted by molar-refractivity contribution is -0.903. The summed E-state index contributed by atoms with van der Waals surface area (Å²) in [6.07, 6.45) is 3.90. The summed E-state index contributed by atoms with van der Waals surface area (Å²) in [6, 6.07) is 6.46. The average Bonchev–Trinajstić information content (AvgIpc) is 2.57. The van der Waals surface area contributed by atoms with E-state index in [9.17, 15) is 9.59 Å². The number of esters is 1. The monoisotopic (exact) mass is 320 g/mol. The second kappa shape index (κ2) is 9.15. The number of carbonyl (C=O) groups excluding carboxylic acids is 2. The molecular weight excluding hydrogens is 294 g/mol. The lowest BCUT2D eigenvalue weighted by Crippen LogP contribution is -3.13. The van der Waals surface area contributed by atoms with E-state index in [1.807, 2.05) is 0 Å². The van der Waals surface area contributed by atoms with E-state index in [-0.39, 0.29) is 12.0 Å². The first-order chi connectivity index (χ1) is 11.2. The number of nitrogens with one attached hydrogen (secondary N) is 3. The van der Waals surface area contributed by atoms with E-state index < -0.39 is 0 Å². The molecule has 6 nitrogen and oxygen atoms in total. The minimum absolute atomic E-state index is 0.217. The zero-order valence-corrected chi connectivity index (χ0v) is 13.7. The quantitative estimate of drug-likeness (QED) is 0.686. The molecule has 23 heavy (non-hydrogen) atoms. The molecule has 126 valence electrons. The number of quaternary nitrogens is 1. The molecule has 1 saturated heterocycles. The SMILES string of the molecule is CCOC(=O)c1ccc(NC(=O)NCC[NH+]2CCCCC2)cc1. The van der Waals surface area contributed by atoms with Gasteiger partial charge in [-0.15, -0.1) is 0 Å². The number of benzene rings is 1. The molecule has 3 N–H and O–H groups in total. The van der Waals surface area contributed by atoms with Crippen LogP contribution in [0.4, 0.5) is 10.5 Å². The van der Waals surface area contributed by atoms with E-state index in [4.69, 9.17) is 4.74 Å². The molecule has 0 unspecified atom stereocenters. The van der Waals surface area contributed by atoms with Gasteiger partial charge < -0.3 is 20.3 Å². The van der Waals surface area contributed by atoms with Crippen molar-refractivity contribution in [2.45, 2.75) is 26.2 Å². The van der Waals surface area contributed by atoms with Crippen LogP contribution in [0.5, 0.6) is 0 Å². The zero-order chi connectivity index (χ0) is 16.5. The van der Waals surface area contributed by atoms with Gasteiger partial charge >= 0.3 is 12.0 Å². The molecule has 0 atom stereocenters. The van der Waals surface area contributed by atoms with Crippen molar-refractivity contribution in [1.29, 1.82) is 0 Å². The Hall–Kier alpha value is -2.08. The first-order valence-corrected chi connectivity index (χ1v) is 8.34. The van der Waals surface area contributed by atoms with Crippen molar-refractivity contribution in [2.75, 3.05) is 38.1 Å². The molecule has 1 aliphatic rings. The summed E-state index contributed by atoms with van der Waals surface area (Å²) < 4.78 is 4.92. The molecule has 1 fully saturated rings. The summed E-state index contributed by atoms with van der Waals surface area (Å²) in [7, 11) is 0. The van der Waals surface area contributed by atoms with Crippen LogP contribution in [0.25, 0.3) is 0 Å². The first-order valence-electron chi connectivity index (χ1n) is 8.34. The third-order valence-corrected chi connectivity index (χ3v) is 3.98. The standard InChI is InChI=1S/C17H25N3O3/c1-2-23-16(21)14-6-8-15(9-7-14)19-17(22)18-10-13-20-11-4-3-5-12-20/h6-9H,2-5,10-13H2,1H3,(H2,18,19,22)/p+1. The van der Waals surface area contributed by atoms with E-state index in [1.165, 1.54) is 32.4 Å². The molecule has 0 saturated carbocycles. The van der Waals surface area contributed by atoms with Gasteiger partial charge in [0, 0.05) is 5.69 Å². The molecule has 2 rings (SSSR count). The Morgan fingerprint density at radius 1 is 1.13 bits per heavy atom. The van der Waals surface area contributed by atoms with Gasteiger partial charge in [0.15, 0.2) is 0 Å². The molecule has 2 amide bonds. The van der Waals surface area contributed by atoms with Crippen molar-refractivity contribution >= 4 is 17.7 Å². The second-order valence-corrected chi connectivity index (χ2v) is 5.74. The van der Waals surface area contributed by atoms with Crippen LogP contribution < -0.4 is 15.5 Å². The molecule has 6 heteroatoms. The van der Waals surface area contributed by atoms with Crippen molar-refractivity contribution in [3.63, 3.8) is 0 Å². The van der Waals surface area contributed by atoms with E-state index in [2.05, 4.69) is 10.6 Å². The summed E-state index contributed by atoms with van der Waals surface area (Å²) in [4.78, 5) is 25.0. The molecule has 0 aliphatic carbocycles. The Kier molecular flexibility index (Phi) is 6.87. The number of carbonyl (C=O) groups is 2. The summed E-state index contributed by atoms with van der Waals surface area (Å²) in [5, 5.41) is 5.64. The van der Waals surface area contributed by atoms with E-state index in [1.54, 1.807) is 36.1 Å². The number of piperidine rings is 1. The Balaban J connectivity index is 1.71. The van der Waals surface area contributed by atoms with E-state index in [0.29, 0.717) is 24.4 Å². The predicted octanol–water partition coefficient (Wildman–Crippen LogP) is 1.05. The number of anilines is 1. The second-order valence-electron chi connectivity index (χ2n) is 5.74. The van der Waals surface area contributed by atoms with E-state index in [0.717, 1.165) is 6.54 Å². The number of rotatable bonds is 6. The van der Waals surface area contributed by atoms with Gasteiger partial charge in [-0.1, -0.05) is 0 Å². The highest BCUT2D eigenvalue weighted by Crippen LogP contribution is 2.10. The van der Waals surface area contributed by atoms with Crippen molar-refractivity contribution < 1.29 is 19.2 Å². The number of hydrogen-bond acceptors (Lipinski definition) is 3. The number of urea groups is 1. The van der Waals surface area contributed by atoms with E-state index >= 15 is 0 Å². The van der Waals surface area contributed by atoms with Gasteiger partial charge in [0.1, 0.15) is 0 Å². The van der Waals surface area contributed by atoms with Gasteiger partial charge in [-0.2, -0.15) is 0 Å². The van der Waals surface area contributed by atoms with Gasteiger partial charge in [-0.05, 0) is 50.5 Å². The van der Waals surface area contributed by atoms with Crippen LogP contribution in [-0.2, 0) is 4.74 Å². The largest absolute Gasteiger partial charge is 0.462 e. The fourth-order valence-electron chi connectivity index (χ4n) is 2.73. The molecule has 1 aromatic carbocycles. The topological polar surface area (TPSA) is 71.9 Å². The molecule has 0 radical (unpaired) electrons. The Morgan fingerprint density at radius 2 is 1.83 bits per heavy atom. The molecule has 0 aromatic heterocycles. The fraction of sp³-hybridized carbons (Fsp3) is 0.529. The Morgan fingerprint density at radius 3 is 2.48 bits per heavy atom. The number of hydrogen-bond donors (Lipinski definition) is 3. The third kappa shape index (κ3) is 5.90. The van der Waals surface area contributed by atoms with Crippen LogP contribution in [0.2, 0.25) is 0 Å². The fourth-order valence-corrected chi connectivity index (χ4v) is 2.73. The van der Waals surface area contributed by atoms with Crippen LogP contribution in [0.1, 0.15) is 36.5 Å². The highest BCUT2D eigenvalue weighted by Gasteiger charge is 2.13. The minimum atomic E-state index is -0.354. The van der Waals surface area contributed by atoms with Gasteiger partial charge in [0.05, 0.1) is 38.3 Å². The molecule has 1 aromatic rings. The molecule has 1 heterocycles. The number of amides is 2. The average molecular weight is 320 g/mol. The molecular formula is C17H26N3O3+. The van der Waals surface area contributed by atoms with Crippen LogP contribution in [0.3, 0.4) is 0 Å². The summed E-state index contributed by atoms with van der Waals surface area (Å²) in [5.74, 6) is -0.354. The van der Waals surface area contributed by atoms with Crippen molar-refractivity contribution in [1.82, 2.24) is 5.32 Å². The smallest absolute Gasteiger partial charge is 0.338 e. The maximum Gasteiger partial charge on any atom is 0.338 e. The van der Waals surface area contributed by atoms with Gasteiger partial charge in [-0.25, -0.2) is 9.59 Å². The highest BCUT2D eigenvalue weighted by molar-refractivity contribution is 5.92. The van der Waals surface area contributed by atoms with Gasteiger partial charge in [0.25, 0.3) is 0 Å². The zero-order valence-electron chi connectivity index (χ0n) is 13.7. The third-order valence-electron chi connectivity index (χ3n) is 3.98. The summed E-state index contributed by atoms with van der Waals surface area (Å²) in [6.45, 7) is 6.17. The van der Waals surface area contributed by atoms with Crippen LogP contribution >= 0.6 is 0 Å². The molecule has 0 spiro atoms. The van der Waals surface area contributed by atoms with Crippen LogP contribution in [-0.4, -0.2) is 44.8 Å². The van der Waals surface area contributed by atoms with Gasteiger partial charge in [-0.3, -0.25) is 0 Å². The first kappa shape index (κ1) is 17.3. The highest BCUT2D eigenvalue weighted by atomic mass is 16.5. The number of likely N-dealkylation sites (tertiary alicyclic amines) is 1. The van der Waals surface area contributed by atoms with Gasteiger partial charge in [0.2, 0.25) is 0 Å². The van der Waals surface area contributed by atoms with Crippen LogP contribution in [0.15, 0.2) is 24.3 Å². The molecule has 1 aliphatic heterocycles. The minimum Gasteiger partial charge on any atom is -0.462 e. The lowest BCUT2D eigenvalue weighted by Gasteiger charge is -2.23. The predicted molar refractivity (Wildman–Crippen MR) is 88.8 cm³/mol. The normalized spacial score (nSPS) is 15.0. The van der Waals surface area contributed by atoms with Crippen molar-refractivity contribution in [3.8, 4) is 0 Å². The molecule has 0 bridgehead atoms. The summed E-state index contributed by atoms with van der Waals surface area (Å²) in [5.41, 5.74) is 1.13. The maximum absolute atomic E-state index is 11.9. The Labute approximate surface area is 137 Å². The summed E-state index contributed by atoms with van der Waals surface area (Å²) >= 11 is 0. The van der Waals surface area contributed by atoms with Crippen molar-refractivity contribution in [3.05, 3.63) is 29.8 Å². The Bertz CT molecular complexity index is 510. The number of ether oxygens (including phenoxy) is 1.